The summed E-state index contributed by atoms with van der Waals surface area (Å²) in [6, 6.07) is 4.74. The maximum Gasteiger partial charge on any atom is 0.232 e. The minimum atomic E-state index is -0.578. The van der Waals surface area contributed by atoms with Crippen molar-refractivity contribution in [1.82, 2.24) is 0 Å². The van der Waals surface area contributed by atoms with Crippen LogP contribution in [0.4, 0.5) is 0 Å². The van der Waals surface area contributed by atoms with Gasteiger partial charge in [-0.1, -0.05) is 0 Å². The predicted molar refractivity (Wildman–Crippen MR) is 54.6 cm³/mol. The summed E-state index contributed by atoms with van der Waals surface area (Å²) >= 11 is 0. The molecule has 4 nitrogen and oxygen atoms in total. The van der Waals surface area contributed by atoms with E-state index in [4.69, 9.17) is 9.47 Å². The van der Waals surface area contributed by atoms with Crippen molar-refractivity contribution < 1.29 is 19.1 Å². The van der Waals surface area contributed by atoms with Crippen molar-refractivity contribution in [2.75, 3.05) is 14.2 Å². The van der Waals surface area contributed by atoms with Gasteiger partial charge in [0.05, 0.1) is 19.8 Å². The number of methoxy groups -OCH3 is 2. The molecular weight excluding hydrogens is 196 g/mol. The third-order valence-electron chi connectivity index (χ3n) is 1.97. The maximum atomic E-state index is 11.5. The summed E-state index contributed by atoms with van der Waals surface area (Å²) < 4.78 is 9.95. The fourth-order valence-electron chi connectivity index (χ4n) is 1.18. The van der Waals surface area contributed by atoms with Crippen LogP contribution in [0.3, 0.4) is 0 Å². The van der Waals surface area contributed by atoms with Crippen LogP contribution in [-0.2, 0) is 4.79 Å². The summed E-state index contributed by atoms with van der Waals surface area (Å²) in [4.78, 5) is 22.5. The Kier molecular flexibility index (Phi) is 3.44. The Balaban J connectivity index is 3.23. The number of hydrogen-bond donors (Lipinski definition) is 0. The van der Waals surface area contributed by atoms with E-state index in [1.54, 1.807) is 12.1 Å². The molecule has 0 bridgehead atoms. The number of carbonyl (C=O) groups excluding carboxylic acids is 2. The zero-order valence-corrected chi connectivity index (χ0v) is 8.87. The molecule has 0 fully saturated rings. The quantitative estimate of drug-likeness (QED) is 0.555. The van der Waals surface area contributed by atoms with E-state index in [1.807, 2.05) is 0 Å². The molecule has 15 heavy (non-hydrogen) atoms. The summed E-state index contributed by atoms with van der Waals surface area (Å²) in [7, 11) is 2.93. The smallest absolute Gasteiger partial charge is 0.232 e. The summed E-state index contributed by atoms with van der Waals surface area (Å²) in [5.74, 6) is -0.219. The van der Waals surface area contributed by atoms with Crippen LogP contribution in [0, 0.1) is 0 Å². The van der Waals surface area contributed by atoms with Gasteiger partial charge >= 0.3 is 0 Å². The molecule has 0 spiro atoms. The largest absolute Gasteiger partial charge is 0.497 e. The van der Waals surface area contributed by atoms with Crippen molar-refractivity contribution in [3.63, 3.8) is 0 Å². The van der Waals surface area contributed by atoms with Gasteiger partial charge < -0.3 is 9.47 Å². The number of carbonyl (C=O) groups is 2. The molecule has 1 aromatic rings. The molecule has 80 valence electrons. The van der Waals surface area contributed by atoms with Gasteiger partial charge in [0.25, 0.3) is 0 Å². The second-order valence-electron chi connectivity index (χ2n) is 2.95. The third kappa shape index (κ3) is 2.34. The molecule has 0 saturated heterocycles. The van der Waals surface area contributed by atoms with Gasteiger partial charge in [-0.15, -0.1) is 0 Å². The zero-order valence-electron chi connectivity index (χ0n) is 8.87. The molecule has 1 aromatic carbocycles. The van der Waals surface area contributed by atoms with E-state index < -0.39 is 11.6 Å². The van der Waals surface area contributed by atoms with Crippen molar-refractivity contribution >= 4 is 11.6 Å². The molecule has 0 radical (unpaired) electrons. The van der Waals surface area contributed by atoms with Gasteiger partial charge in [-0.25, -0.2) is 0 Å². The average molecular weight is 208 g/mol. The summed E-state index contributed by atoms with van der Waals surface area (Å²) in [6.07, 6.45) is 0. The number of ketones is 2. The molecule has 0 heterocycles. The van der Waals surface area contributed by atoms with Gasteiger partial charge in [0.1, 0.15) is 11.5 Å². The van der Waals surface area contributed by atoms with Crippen LogP contribution in [0.15, 0.2) is 18.2 Å². The number of Topliss-reactive ketones (excluding diaryl/α,β-unsaturated/α-hetero) is 2. The highest BCUT2D eigenvalue weighted by molar-refractivity contribution is 6.43. The zero-order chi connectivity index (χ0) is 11.4. The van der Waals surface area contributed by atoms with Crippen LogP contribution in [0.25, 0.3) is 0 Å². The molecule has 0 saturated carbocycles. The van der Waals surface area contributed by atoms with Crippen molar-refractivity contribution in [3.05, 3.63) is 23.8 Å². The standard InChI is InChI=1S/C11H12O4/c1-7(12)11(13)9-6-8(14-2)4-5-10(9)15-3/h4-6H,1-3H3. The molecule has 1 rings (SSSR count). The first-order valence-electron chi connectivity index (χ1n) is 4.37. The topological polar surface area (TPSA) is 52.6 Å². The van der Waals surface area contributed by atoms with E-state index in [0.29, 0.717) is 11.5 Å². The Morgan fingerprint density at radius 3 is 2.27 bits per heavy atom. The molecule has 0 amide bonds. The fourth-order valence-corrected chi connectivity index (χ4v) is 1.18. The summed E-state index contributed by atoms with van der Waals surface area (Å²) in [6.45, 7) is 1.22. The molecule has 4 heteroatoms. The van der Waals surface area contributed by atoms with E-state index in [1.165, 1.54) is 27.2 Å². The second-order valence-corrected chi connectivity index (χ2v) is 2.95. The van der Waals surface area contributed by atoms with Crippen LogP contribution in [0.1, 0.15) is 17.3 Å². The van der Waals surface area contributed by atoms with Crippen molar-refractivity contribution in [2.24, 2.45) is 0 Å². The lowest BCUT2D eigenvalue weighted by Crippen LogP contribution is -2.11. The molecule has 0 N–H and O–H groups in total. The van der Waals surface area contributed by atoms with Crippen molar-refractivity contribution in [1.29, 1.82) is 0 Å². The molecule has 0 aliphatic heterocycles. The van der Waals surface area contributed by atoms with E-state index in [2.05, 4.69) is 0 Å². The van der Waals surface area contributed by atoms with Gasteiger partial charge in [0.15, 0.2) is 5.78 Å². The minimum Gasteiger partial charge on any atom is -0.497 e. The lowest BCUT2D eigenvalue weighted by molar-refractivity contribution is -0.113. The molecular formula is C11H12O4. The molecule has 0 unspecified atom stereocenters. The Labute approximate surface area is 87.8 Å². The fraction of sp³-hybridized carbons (Fsp3) is 0.273. The summed E-state index contributed by atoms with van der Waals surface area (Å²) in [5, 5.41) is 0. The van der Waals surface area contributed by atoms with Crippen LogP contribution >= 0.6 is 0 Å². The van der Waals surface area contributed by atoms with Gasteiger partial charge in [0, 0.05) is 6.92 Å². The molecule has 0 aromatic heterocycles. The number of benzene rings is 1. The first-order valence-corrected chi connectivity index (χ1v) is 4.37. The van der Waals surface area contributed by atoms with Crippen LogP contribution in [0.5, 0.6) is 11.5 Å². The highest BCUT2D eigenvalue weighted by Gasteiger charge is 2.17. The number of ether oxygens (including phenoxy) is 2. The van der Waals surface area contributed by atoms with Crippen LogP contribution in [0.2, 0.25) is 0 Å². The highest BCUT2D eigenvalue weighted by Crippen LogP contribution is 2.24. The molecule has 0 aliphatic rings. The second kappa shape index (κ2) is 4.59. The lowest BCUT2D eigenvalue weighted by Gasteiger charge is -2.07. The Morgan fingerprint density at radius 1 is 1.13 bits per heavy atom. The van der Waals surface area contributed by atoms with E-state index in [0.717, 1.165) is 0 Å². The Hall–Kier alpha value is -1.84. The van der Waals surface area contributed by atoms with E-state index in [-0.39, 0.29) is 5.56 Å². The highest BCUT2D eigenvalue weighted by atomic mass is 16.5. The normalized spacial score (nSPS) is 9.53. The predicted octanol–water partition coefficient (Wildman–Crippen LogP) is 1.48. The monoisotopic (exact) mass is 208 g/mol. The Bertz CT molecular complexity index is 396. The lowest BCUT2D eigenvalue weighted by atomic mass is 10.1. The Morgan fingerprint density at radius 2 is 1.80 bits per heavy atom. The average Bonchev–Trinajstić information content (AvgIpc) is 2.27. The number of rotatable bonds is 4. The molecule has 0 atom stereocenters. The number of hydrogen-bond acceptors (Lipinski definition) is 4. The first-order chi connectivity index (χ1) is 7.10. The SMILES string of the molecule is COc1ccc(OC)c(C(=O)C(C)=O)c1. The van der Waals surface area contributed by atoms with Crippen LogP contribution < -0.4 is 9.47 Å². The van der Waals surface area contributed by atoms with Gasteiger partial charge in [0.2, 0.25) is 5.78 Å². The third-order valence-corrected chi connectivity index (χ3v) is 1.97. The van der Waals surface area contributed by atoms with E-state index in [9.17, 15) is 9.59 Å². The summed E-state index contributed by atoms with van der Waals surface area (Å²) in [5.41, 5.74) is 0.226. The van der Waals surface area contributed by atoms with E-state index >= 15 is 0 Å². The van der Waals surface area contributed by atoms with Crippen molar-refractivity contribution in [3.8, 4) is 11.5 Å². The van der Waals surface area contributed by atoms with Gasteiger partial charge in [-0.2, -0.15) is 0 Å². The first kappa shape index (κ1) is 11.2. The maximum absolute atomic E-state index is 11.5. The molecule has 0 aliphatic carbocycles. The van der Waals surface area contributed by atoms with Gasteiger partial charge in [-0.05, 0) is 18.2 Å². The van der Waals surface area contributed by atoms with Crippen LogP contribution in [-0.4, -0.2) is 25.8 Å². The van der Waals surface area contributed by atoms with Crippen molar-refractivity contribution in [2.45, 2.75) is 6.92 Å². The van der Waals surface area contributed by atoms with Gasteiger partial charge in [-0.3, -0.25) is 9.59 Å². The minimum absolute atomic E-state index is 0.226.